The summed E-state index contributed by atoms with van der Waals surface area (Å²) in [6, 6.07) is 19.6. The van der Waals surface area contributed by atoms with Crippen molar-refractivity contribution in [2.45, 2.75) is 26.3 Å². The van der Waals surface area contributed by atoms with Gasteiger partial charge in [-0.2, -0.15) is 0 Å². The van der Waals surface area contributed by atoms with Crippen LogP contribution in [0.2, 0.25) is 10.0 Å². The summed E-state index contributed by atoms with van der Waals surface area (Å²) >= 11 is 12.3. The van der Waals surface area contributed by atoms with E-state index in [4.69, 9.17) is 23.2 Å². The maximum Gasteiger partial charge on any atom is 0.282 e. The molecule has 4 aromatic rings. The topological polar surface area (TPSA) is 78.4 Å². The minimum atomic E-state index is -0.788. The molecular formula is C30H25Cl2FN4O3. The number of rotatable bonds is 7. The molecule has 0 fully saturated rings. The van der Waals surface area contributed by atoms with E-state index in [0.29, 0.717) is 16.4 Å². The molecule has 204 valence electrons. The second kappa shape index (κ2) is 10.8. The second-order valence-electron chi connectivity index (χ2n) is 9.76. The van der Waals surface area contributed by atoms with E-state index in [0.717, 1.165) is 10.5 Å². The molecule has 0 atom stereocenters. The lowest BCUT2D eigenvalue weighted by atomic mass is 9.98. The zero-order valence-corrected chi connectivity index (χ0v) is 23.4. The van der Waals surface area contributed by atoms with Gasteiger partial charge in [-0.05, 0) is 41.8 Å². The quantitative estimate of drug-likeness (QED) is 0.267. The van der Waals surface area contributed by atoms with E-state index in [2.05, 4.69) is 5.10 Å². The zero-order chi connectivity index (χ0) is 28.7. The van der Waals surface area contributed by atoms with Gasteiger partial charge >= 0.3 is 0 Å². The fraction of sp³-hybridized carbons (Fsp3) is 0.167. The number of hydrogen-bond donors (Lipinski definition) is 1. The third-order valence-electron chi connectivity index (χ3n) is 6.70. The molecule has 1 N–H and O–H groups in total. The van der Waals surface area contributed by atoms with Crippen LogP contribution in [-0.2, 0) is 16.1 Å². The van der Waals surface area contributed by atoms with Crippen LogP contribution in [0.1, 0.15) is 36.6 Å². The molecule has 1 aliphatic heterocycles. The normalized spacial score (nSPS) is 13.6. The molecule has 3 aromatic carbocycles. The number of para-hydroxylation sites is 1. The predicted octanol–water partition coefficient (Wildman–Crippen LogP) is 6.15. The molecule has 7 nitrogen and oxygen atoms in total. The summed E-state index contributed by atoms with van der Waals surface area (Å²) < 4.78 is 16.2. The Morgan fingerprint density at radius 1 is 0.900 bits per heavy atom. The molecule has 0 radical (unpaired) electrons. The first-order chi connectivity index (χ1) is 19.1. The fourth-order valence-electron chi connectivity index (χ4n) is 4.81. The Morgan fingerprint density at radius 3 is 2.23 bits per heavy atom. The number of nitrogens with zero attached hydrogens (tertiary/aromatic N) is 3. The van der Waals surface area contributed by atoms with E-state index in [-0.39, 0.29) is 40.0 Å². The van der Waals surface area contributed by atoms with E-state index in [1.165, 1.54) is 35.0 Å². The first kappa shape index (κ1) is 27.4. The van der Waals surface area contributed by atoms with Gasteiger partial charge in [-0.15, -0.1) is 0 Å². The molecule has 0 saturated carbocycles. The van der Waals surface area contributed by atoms with Crippen molar-refractivity contribution in [3.8, 4) is 5.69 Å². The summed E-state index contributed by atoms with van der Waals surface area (Å²) in [5, 5.41) is 3.66. The summed E-state index contributed by atoms with van der Waals surface area (Å²) in [7, 11) is 1.66. The van der Waals surface area contributed by atoms with Crippen LogP contribution in [0.25, 0.3) is 11.3 Å². The van der Waals surface area contributed by atoms with Crippen LogP contribution < -0.4 is 10.5 Å². The number of aromatic amines is 1. The number of carbonyl (C=O) groups is 2. The van der Waals surface area contributed by atoms with Gasteiger partial charge in [0.15, 0.2) is 0 Å². The second-order valence-corrected chi connectivity index (χ2v) is 10.6. The van der Waals surface area contributed by atoms with E-state index < -0.39 is 23.2 Å². The van der Waals surface area contributed by atoms with Gasteiger partial charge in [0.05, 0.1) is 32.6 Å². The lowest BCUT2D eigenvalue weighted by molar-refractivity contribution is -0.120. The summed E-state index contributed by atoms with van der Waals surface area (Å²) in [4.78, 5) is 44.4. The molecule has 10 heteroatoms. The standard InChI is InChI=1S/C30H25Cl2FN4O3/c1-17(2)26-24(29(39)37(34-26)19-13-14-20(31)21(32)15-19)25-27(35(3)16-18-9-5-4-6-10-18)30(40)36(28(25)38)23-12-8-7-11-22(23)33/h4-15,17,34H,16H2,1-3H3. The molecule has 0 unspecified atom stereocenters. The van der Waals surface area contributed by atoms with Crippen molar-refractivity contribution in [1.29, 1.82) is 0 Å². The molecule has 40 heavy (non-hydrogen) atoms. The Kier molecular flexibility index (Phi) is 7.40. The van der Waals surface area contributed by atoms with Crippen molar-refractivity contribution >= 4 is 46.3 Å². The van der Waals surface area contributed by atoms with Gasteiger partial charge in [-0.1, -0.05) is 79.5 Å². The van der Waals surface area contributed by atoms with Gasteiger partial charge in [0.1, 0.15) is 11.5 Å². The number of anilines is 1. The van der Waals surface area contributed by atoms with Crippen molar-refractivity contribution < 1.29 is 14.0 Å². The molecule has 1 aromatic heterocycles. The molecule has 5 rings (SSSR count). The van der Waals surface area contributed by atoms with E-state index in [1.807, 2.05) is 44.2 Å². The number of amides is 2. The highest BCUT2D eigenvalue weighted by Crippen LogP contribution is 2.37. The van der Waals surface area contributed by atoms with Crippen LogP contribution >= 0.6 is 23.2 Å². The summed E-state index contributed by atoms with van der Waals surface area (Å²) in [6.45, 7) is 3.99. The Hall–Kier alpha value is -4.14. The van der Waals surface area contributed by atoms with Gasteiger partial charge < -0.3 is 4.90 Å². The molecule has 2 amide bonds. The van der Waals surface area contributed by atoms with Crippen LogP contribution in [0.15, 0.2) is 83.3 Å². The summed E-state index contributed by atoms with van der Waals surface area (Å²) in [5.41, 5.74) is 0.903. The van der Waals surface area contributed by atoms with Gasteiger partial charge in [-0.3, -0.25) is 19.5 Å². The largest absolute Gasteiger partial charge is 0.365 e. The number of hydrogen-bond acceptors (Lipinski definition) is 4. The van der Waals surface area contributed by atoms with E-state index in [1.54, 1.807) is 24.1 Å². The lowest BCUT2D eigenvalue weighted by Crippen LogP contribution is -2.34. The smallest absolute Gasteiger partial charge is 0.282 e. The van der Waals surface area contributed by atoms with Crippen molar-refractivity contribution in [3.63, 3.8) is 0 Å². The van der Waals surface area contributed by atoms with E-state index >= 15 is 0 Å². The van der Waals surface area contributed by atoms with Gasteiger partial charge in [0.25, 0.3) is 17.4 Å². The Balaban J connectivity index is 1.75. The highest BCUT2D eigenvalue weighted by Gasteiger charge is 2.45. The van der Waals surface area contributed by atoms with E-state index in [9.17, 15) is 18.8 Å². The monoisotopic (exact) mass is 578 g/mol. The maximum atomic E-state index is 14.9. The highest BCUT2D eigenvalue weighted by atomic mass is 35.5. The zero-order valence-electron chi connectivity index (χ0n) is 21.9. The first-order valence-electron chi connectivity index (χ1n) is 12.5. The number of carbonyl (C=O) groups excluding carboxylic acids is 2. The summed E-state index contributed by atoms with van der Waals surface area (Å²) in [6.07, 6.45) is 0. The minimum absolute atomic E-state index is 0.00334. The van der Waals surface area contributed by atoms with Crippen LogP contribution in [0.5, 0.6) is 0 Å². The molecular weight excluding hydrogens is 554 g/mol. The third-order valence-corrected chi connectivity index (χ3v) is 7.44. The summed E-state index contributed by atoms with van der Waals surface area (Å²) in [5.74, 6) is -2.49. The average Bonchev–Trinajstić information content (AvgIpc) is 3.39. The van der Waals surface area contributed by atoms with Crippen LogP contribution in [0.4, 0.5) is 10.1 Å². The number of H-pyrrole nitrogens is 1. The van der Waals surface area contributed by atoms with Gasteiger partial charge in [0.2, 0.25) is 0 Å². The number of likely N-dealkylation sites (N-methyl/N-ethyl adjacent to an activating group) is 1. The predicted molar refractivity (Wildman–Crippen MR) is 154 cm³/mol. The fourth-order valence-corrected chi connectivity index (χ4v) is 5.10. The van der Waals surface area contributed by atoms with Crippen molar-refractivity contribution in [2.75, 3.05) is 11.9 Å². The highest BCUT2D eigenvalue weighted by molar-refractivity contribution is 6.45. The van der Waals surface area contributed by atoms with Gasteiger partial charge in [0, 0.05) is 19.3 Å². The number of benzene rings is 3. The van der Waals surface area contributed by atoms with Crippen molar-refractivity contribution in [1.82, 2.24) is 14.7 Å². The van der Waals surface area contributed by atoms with Crippen molar-refractivity contribution in [2.24, 2.45) is 0 Å². The lowest BCUT2D eigenvalue weighted by Gasteiger charge is -2.21. The minimum Gasteiger partial charge on any atom is -0.365 e. The number of nitrogens with one attached hydrogen (secondary N) is 1. The van der Waals surface area contributed by atoms with Crippen LogP contribution in [0.3, 0.4) is 0 Å². The van der Waals surface area contributed by atoms with Gasteiger partial charge in [-0.25, -0.2) is 14.0 Å². The molecule has 0 spiro atoms. The Bertz CT molecular complexity index is 1730. The molecule has 0 saturated heterocycles. The van der Waals surface area contributed by atoms with Crippen LogP contribution in [-0.4, -0.2) is 33.5 Å². The SMILES string of the molecule is CC(C)c1[nH]n(-c2ccc(Cl)c(Cl)c2)c(=O)c1C1=C(N(C)Cc2ccccc2)C(=O)N(c2ccccc2F)C1=O. The maximum absolute atomic E-state index is 14.9. The molecule has 1 aliphatic rings. The third kappa shape index (κ3) is 4.74. The Morgan fingerprint density at radius 2 is 1.57 bits per heavy atom. The van der Waals surface area contributed by atoms with Crippen molar-refractivity contribution in [3.05, 3.63) is 122 Å². The average molecular weight is 579 g/mol. The number of imide groups is 1. The molecule has 0 aliphatic carbocycles. The molecule has 0 bridgehead atoms. The number of aromatic nitrogens is 2. The first-order valence-corrected chi connectivity index (χ1v) is 13.3. The van der Waals surface area contributed by atoms with Crippen LogP contribution in [0, 0.1) is 5.82 Å². The number of halogens is 3. The molecule has 2 heterocycles. The Labute approximate surface area is 240 Å².